The molecule has 0 saturated carbocycles. The number of aromatic nitrogens is 3. The molecule has 0 amide bonds. The number of benzene rings is 7. The smallest absolute Gasteiger partial charge is 0.160 e. The molecule has 0 N–H and O–H groups in total. The summed E-state index contributed by atoms with van der Waals surface area (Å²) < 4.78 is 4.94. The van der Waals surface area contributed by atoms with Gasteiger partial charge in [-0.3, -0.25) is 0 Å². The Morgan fingerprint density at radius 1 is 0.544 bits per heavy atom. The summed E-state index contributed by atoms with van der Waals surface area (Å²) in [5, 5.41) is 6.11. The molecule has 3 heterocycles. The molecule has 0 radical (unpaired) electrons. The van der Waals surface area contributed by atoms with Gasteiger partial charge in [0, 0.05) is 59.1 Å². The molecule has 2 unspecified atom stereocenters. The van der Waals surface area contributed by atoms with Crippen LogP contribution in [-0.2, 0) is 5.41 Å². The molecule has 10 aromatic rings. The fraction of sp³-hybridized carbons (Fsp3) is 0.0943. The van der Waals surface area contributed by atoms with E-state index in [9.17, 15) is 0 Å². The fourth-order valence-corrected chi connectivity index (χ4v) is 11.0. The molecule has 0 bridgehead atoms. The van der Waals surface area contributed by atoms with Crippen molar-refractivity contribution in [1.82, 2.24) is 14.5 Å². The van der Waals surface area contributed by atoms with Gasteiger partial charge in [0.05, 0.1) is 22.2 Å². The summed E-state index contributed by atoms with van der Waals surface area (Å²) in [7, 11) is 0. The van der Waals surface area contributed by atoms with Crippen LogP contribution in [0.1, 0.15) is 30.9 Å². The van der Waals surface area contributed by atoms with Crippen molar-refractivity contribution in [1.29, 1.82) is 0 Å². The minimum absolute atomic E-state index is 0.0215. The highest BCUT2D eigenvalue weighted by Crippen LogP contribution is 2.55. The monoisotopic (exact) mass is 747 g/mol. The van der Waals surface area contributed by atoms with Gasteiger partial charge in [-0.05, 0) is 94.3 Å². The molecule has 7 aromatic carbocycles. The Hall–Kier alpha value is -6.62. The third-order valence-corrected chi connectivity index (χ3v) is 13.9. The first-order chi connectivity index (χ1) is 28.0. The lowest BCUT2D eigenvalue weighted by Gasteiger charge is -2.29. The fourth-order valence-electron chi connectivity index (χ4n) is 9.96. The van der Waals surface area contributed by atoms with Gasteiger partial charge in [-0.2, -0.15) is 0 Å². The Kier molecular flexibility index (Phi) is 6.97. The molecule has 0 spiro atoms. The van der Waals surface area contributed by atoms with Gasteiger partial charge in [0.1, 0.15) is 0 Å². The van der Waals surface area contributed by atoms with Crippen LogP contribution in [0.5, 0.6) is 0 Å². The van der Waals surface area contributed by atoms with E-state index < -0.39 is 0 Å². The lowest BCUT2D eigenvalue weighted by Crippen LogP contribution is -2.24. The second-order valence-corrected chi connectivity index (χ2v) is 17.3. The SMILES string of the molecule is CC1(C)c2cccc(-c3nc(-c4ccc5sc6ccc(-c7ccc8c(c7)c7ccccc7n8-c7ccccc7)cc6c5c4)c4ccccc4n3)c2C2C=CC=CC21. The molecule has 2 aliphatic rings. The predicted molar refractivity (Wildman–Crippen MR) is 241 cm³/mol. The first-order valence-electron chi connectivity index (χ1n) is 19.8. The Balaban J connectivity index is 1.01. The second kappa shape index (κ2) is 12.2. The number of allylic oxidation sites excluding steroid dienone is 4. The van der Waals surface area contributed by atoms with Gasteiger partial charge >= 0.3 is 0 Å². The standard InChI is InChI=1S/C53H37N3S/c1-53(2)43-19-9-6-16-37(43)50-39(18-12-20-44(50)53)52-54-45-21-10-7-17-38(45)51(55-52)34-25-28-49-42(31-34)41-30-33(24-27-48(41)57-49)32-23-26-47-40(29-32)36-15-8-11-22-46(36)56(47)35-13-4-3-5-14-35/h3-31,37,43H,1-2H3. The van der Waals surface area contributed by atoms with Crippen LogP contribution in [0.3, 0.4) is 0 Å². The molecule has 57 heavy (non-hydrogen) atoms. The highest BCUT2D eigenvalue weighted by molar-refractivity contribution is 7.25. The number of para-hydroxylation sites is 3. The molecule has 0 fully saturated rings. The van der Waals surface area contributed by atoms with E-state index >= 15 is 0 Å². The third-order valence-electron chi connectivity index (χ3n) is 12.7. The average molecular weight is 748 g/mol. The number of hydrogen-bond acceptors (Lipinski definition) is 3. The van der Waals surface area contributed by atoms with Gasteiger partial charge in [0.15, 0.2) is 5.82 Å². The summed E-state index contributed by atoms with van der Waals surface area (Å²) in [6, 6.07) is 55.4. The third kappa shape index (κ3) is 4.84. The van der Waals surface area contributed by atoms with Crippen molar-refractivity contribution in [2.24, 2.45) is 5.92 Å². The largest absolute Gasteiger partial charge is 0.309 e. The van der Waals surface area contributed by atoms with Gasteiger partial charge in [-0.15, -0.1) is 11.3 Å². The summed E-state index contributed by atoms with van der Waals surface area (Å²) in [4.78, 5) is 10.7. The van der Waals surface area contributed by atoms with Crippen molar-refractivity contribution >= 4 is 64.2 Å². The van der Waals surface area contributed by atoms with E-state index in [-0.39, 0.29) is 5.41 Å². The van der Waals surface area contributed by atoms with Crippen molar-refractivity contribution in [3.05, 3.63) is 187 Å². The number of hydrogen-bond donors (Lipinski definition) is 0. The number of thiophene rings is 1. The van der Waals surface area contributed by atoms with Crippen molar-refractivity contribution in [3.63, 3.8) is 0 Å². The quantitative estimate of drug-likeness (QED) is 0.179. The zero-order chi connectivity index (χ0) is 37.8. The molecule has 0 saturated heterocycles. The van der Waals surface area contributed by atoms with Gasteiger partial charge in [-0.1, -0.05) is 129 Å². The molecule has 12 rings (SSSR count). The lowest BCUT2D eigenvalue weighted by atomic mass is 9.74. The Labute approximate surface area is 334 Å². The maximum atomic E-state index is 5.47. The predicted octanol–water partition coefficient (Wildman–Crippen LogP) is 14.2. The zero-order valence-corrected chi connectivity index (χ0v) is 32.5. The van der Waals surface area contributed by atoms with E-state index in [0.29, 0.717) is 11.8 Å². The summed E-state index contributed by atoms with van der Waals surface area (Å²) in [6.07, 6.45) is 9.16. The van der Waals surface area contributed by atoms with Crippen LogP contribution < -0.4 is 0 Å². The normalized spacial score (nSPS) is 16.9. The van der Waals surface area contributed by atoms with E-state index in [4.69, 9.17) is 9.97 Å². The van der Waals surface area contributed by atoms with Crippen LogP contribution in [0.2, 0.25) is 0 Å². The minimum atomic E-state index is 0.0215. The van der Waals surface area contributed by atoms with Gasteiger partial charge in [0.25, 0.3) is 0 Å². The van der Waals surface area contributed by atoms with E-state index in [1.54, 1.807) is 0 Å². The summed E-state index contributed by atoms with van der Waals surface area (Å²) in [5.41, 5.74) is 13.0. The van der Waals surface area contributed by atoms with Crippen LogP contribution in [0.15, 0.2) is 176 Å². The number of rotatable bonds is 4. The molecular formula is C53H37N3S. The van der Waals surface area contributed by atoms with Crippen LogP contribution in [0.4, 0.5) is 0 Å². The highest BCUT2D eigenvalue weighted by atomic mass is 32.1. The number of nitrogens with zero attached hydrogens (tertiary/aromatic N) is 3. The van der Waals surface area contributed by atoms with Gasteiger partial charge in [0.2, 0.25) is 0 Å². The van der Waals surface area contributed by atoms with E-state index in [2.05, 4.69) is 194 Å². The van der Waals surface area contributed by atoms with Crippen molar-refractivity contribution in [2.45, 2.75) is 25.2 Å². The van der Waals surface area contributed by atoms with Crippen LogP contribution >= 0.6 is 11.3 Å². The summed E-state index contributed by atoms with van der Waals surface area (Å²) in [5.74, 6) is 1.51. The van der Waals surface area contributed by atoms with Crippen LogP contribution in [0, 0.1) is 5.92 Å². The molecule has 3 aromatic heterocycles. The Bertz CT molecular complexity index is 3340. The maximum absolute atomic E-state index is 5.47. The van der Waals surface area contributed by atoms with Crippen molar-refractivity contribution in [3.8, 4) is 39.5 Å². The molecule has 3 nitrogen and oxygen atoms in total. The maximum Gasteiger partial charge on any atom is 0.160 e. The summed E-state index contributed by atoms with van der Waals surface area (Å²) in [6.45, 7) is 4.76. The molecule has 270 valence electrons. The second-order valence-electron chi connectivity index (χ2n) is 16.2. The van der Waals surface area contributed by atoms with Crippen molar-refractivity contribution < 1.29 is 0 Å². The topological polar surface area (TPSA) is 30.7 Å². The number of fused-ring (bicyclic) bond motifs is 10. The summed E-state index contributed by atoms with van der Waals surface area (Å²) >= 11 is 1.85. The Morgan fingerprint density at radius 3 is 2.05 bits per heavy atom. The first kappa shape index (κ1) is 32.6. The molecular weight excluding hydrogens is 711 g/mol. The van der Waals surface area contributed by atoms with Crippen LogP contribution in [-0.4, -0.2) is 14.5 Å². The van der Waals surface area contributed by atoms with Crippen molar-refractivity contribution in [2.75, 3.05) is 0 Å². The van der Waals surface area contributed by atoms with E-state index in [1.807, 2.05) is 11.3 Å². The van der Waals surface area contributed by atoms with Crippen LogP contribution in [0.25, 0.3) is 92.3 Å². The molecule has 0 aliphatic heterocycles. The van der Waals surface area contributed by atoms with Gasteiger partial charge in [-0.25, -0.2) is 9.97 Å². The molecule has 2 aliphatic carbocycles. The highest BCUT2D eigenvalue weighted by Gasteiger charge is 2.45. The van der Waals surface area contributed by atoms with E-state index in [1.165, 1.54) is 69.9 Å². The lowest BCUT2D eigenvalue weighted by molar-refractivity contribution is 0.394. The average Bonchev–Trinajstić information content (AvgIpc) is 3.88. The first-order valence-corrected chi connectivity index (χ1v) is 20.6. The van der Waals surface area contributed by atoms with Gasteiger partial charge < -0.3 is 4.57 Å². The molecule has 2 atom stereocenters. The zero-order valence-electron chi connectivity index (χ0n) is 31.6. The minimum Gasteiger partial charge on any atom is -0.309 e. The Morgan fingerprint density at radius 2 is 1.21 bits per heavy atom. The molecule has 4 heteroatoms. The van der Waals surface area contributed by atoms with E-state index in [0.717, 1.165) is 33.5 Å².